The Balaban J connectivity index is 1.41. The highest BCUT2D eigenvalue weighted by molar-refractivity contribution is 7.89. The zero-order valence-electron chi connectivity index (χ0n) is 15.3. The first-order valence-electron chi connectivity index (χ1n) is 9.62. The van der Waals surface area contributed by atoms with Crippen LogP contribution >= 0.6 is 0 Å². The third-order valence-electron chi connectivity index (χ3n) is 5.35. The third-order valence-corrected chi connectivity index (χ3v) is 7.27. The summed E-state index contributed by atoms with van der Waals surface area (Å²) in [7, 11) is -3.45. The van der Waals surface area contributed by atoms with Crippen molar-refractivity contribution in [2.24, 2.45) is 5.92 Å². The summed E-state index contributed by atoms with van der Waals surface area (Å²) in [4.78, 5) is 15.1. The van der Waals surface area contributed by atoms with Gasteiger partial charge in [-0.3, -0.25) is 4.79 Å². The van der Waals surface area contributed by atoms with E-state index >= 15 is 0 Å². The van der Waals surface area contributed by atoms with Gasteiger partial charge in [0.25, 0.3) is 0 Å². The van der Waals surface area contributed by atoms with Gasteiger partial charge >= 0.3 is 0 Å². The van der Waals surface area contributed by atoms with Crippen LogP contribution < -0.4 is 5.32 Å². The van der Waals surface area contributed by atoms with Crippen LogP contribution in [-0.4, -0.2) is 62.8 Å². The molecule has 26 heavy (non-hydrogen) atoms. The summed E-state index contributed by atoms with van der Waals surface area (Å²) in [6.45, 7) is 4.93. The molecule has 2 heterocycles. The predicted molar refractivity (Wildman–Crippen MR) is 101 cm³/mol. The van der Waals surface area contributed by atoms with Crippen molar-refractivity contribution in [3.05, 3.63) is 30.3 Å². The Morgan fingerprint density at radius 2 is 1.69 bits per heavy atom. The summed E-state index contributed by atoms with van der Waals surface area (Å²) in [5, 5.41) is 3.03. The number of carbonyl (C=O) groups excluding carboxylic acids is 1. The van der Waals surface area contributed by atoms with Crippen LogP contribution in [0.2, 0.25) is 0 Å². The molecule has 0 unspecified atom stereocenters. The second-order valence-electron chi connectivity index (χ2n) is 7.18. The van der Waals surface area contributed by atoms with Crippen molar-refractivity contribution < 1.29 is 13.2 Å². The van der Waals surface area contributed by atoms with Gasteiger partial charge in [0, 0.05) is 25.6 Å². The van der Waals surface area contributed by atoms with E-state index in [0.717, 1.165) is 13.0 Å². The highest BCUT2D eigenvalue weighted by Crippen LogP contribution is 2.23. The molecular weight excluding hydrogens is 350 g/mol. The van der Waals surface area contributed by atoms with Crippen LogP contribution in [0.1, 0.15) is 32.1 Å². The average Bonchev–Trinajstić information content (AvgIpc) is 3.19. The van der Waals surface area contributed by atoms with Gasteiger partial charge in [0.05, 0.1) is 4.90 Å². The summed E-state index contributed by atoms with van der Waals surface area (Å²) >= 11 is 0. The summed E-state index contributed by atoms with van der Waals surface area (Å²) < 4.78 is 26.7. The van der Waals surface area contributed by atoms with E-state index in [1.807, 2.05) is 0 Å². The number of hydrogen-bond donors (Lipinski definition) is 1. The molecule has 2 saturated heterocycles. The molecule has 3 rings (SSSR count). The van der Waals surface area contributed by atoms with Crippen molar-refractivity contribution in [3.63, 3.8) is 0 Å². The van der Waals surface area contributed by atoms with Crippen molar-refractivity contribution in [1.82, 2.24) is 14.5 Å². The number of hydrogen-bond acceptors (Lipinski definition) is 4. The van der Waals surface area contributed by atoms with Crippen LogP contribution in [0, 0.1) is 5.92 Å². The van der Waals surface area contributed by atoms with Gasteiger partial charge < -0.3 is 10.2 Å². The van der Waals surface area contributed by atoms with Crippen molar-refractivity contribution in [2.75, 3.05) is 39.3 Å². The van der Waals surface area contributed by atoms with Crippen LogP contribution in [0.4, 0.5) is 0 Å². The lowest BCUT2D eigenvalue weighted by Gasteiger charge is -2.30. The Hall–Kier alpha value is -1.44. The number of nitrogens with zero attached hydrogens (tertiary/aromatic N) is 2. The number of amides is 1. The summed E-state index contributed by atoms with van der Waals surface area (Å²) in [5.41, 5.74) is 0. The van der Waals surface area contributed by atoms with E-state index in [1.165, 1.54) is 30.2 Å². The van der Waals surface area contributed by atoms with E-state index < -0.39 is 10.0 Å². The number of piperidine rings is 1. The van der Waals surface area contributed by atoms with Gasteiger partial charge in [-0.25, -0.2) is 8.42 Å². The summed E-state index contributed by atoms with van der Waals surface area (Å²) in [5.74, 6) is -0.00723. The minimum atomic E-state index is -3.45. The quantitative estimate of drug-likeness (QED) is 0.732. The molecule has 0 atom stereocenters. The van der Waals surface area contributed by atoms with Gasteiger partial charge in [0.1, 0.15) is 0 Å². The second kappa shape index (κ2) is 8.97. The summed E-state index contributed by atoms with van der Waals surface area (Å²) in [6, 6.07) is 8.51. The minimum Gasteiger partial charge on any atom is -0.356 e. The molecule has 144 valence electrons. The zero-order valence-corrected chi connectivity index (χ0v) is 16.1. The van der Waals surface area contributed by atoms with Crippen molar-refractivity contribution >= 4 is 15.9 Å². The molecule has 0 spiro atoms. The lowest BCUT2D eigenvalue weighted by atomic mass is 9.97. The molecule has 0 saturated carbocycles. The molecule has 1 N–H and O–H groups in total. The fourth-order valence-corrected chi connectivity index (χ4v) is 5.26. The maximum atomic E-state index is 12.6. The number of sulfonamides is 1. The Kier molecular flexibility index (Phi) is 6.67. The second-order valence-corrected chi connectivity index (χ2v) is 9.12. The van der Waals surface area contributed by atoms with E-state index in [4.69, 9.17) is 0 Å². The fourth-order valence-electron chi connectivity index (χ4n) is 3.76. The Morgan fingerprint density at radius 3 is 2.35 bits per heavy atom. The lowest BCUT2D eigenvalue weighted by molar-refractivity contribution is -0.126. The predicted octanol–water partition coefficient (Wildman–Crippen LogP) is 1.69. The Morgan fingerprint density at radius 1 is 1.04 bits per heavy atom. The highest BCUT2D eigenvalue weighted by Gasteiger charge is 2.31. The van der Waals surface area contributed by atoms with Gasteiger partial charge in [0.15, 0.2) is 0 Å². The monoisotopic (exact) mass is 379 g/mol. The molecule has 7 heteroatoms. The van der Waals surface area contributed by atoms with Gasteiger partial charge in [-0.05, 0) is 63.9 Å². The minimum absolute atomic E-state index is 0.0724. The van der Waals surface area contributed by atoms with Crippen molar-refractivity contribution in [1.29, 1.82) is 0 Å². The largest absolute Gasteiger partial charge is 0.356 e. The number of nitrogens with one attached hydrogen (secondary N) is 1. The molecule has 0 aliphatic carbocycles. The van der Waals surface area contributed by atoms with E-state index in [2.05, 4.69) is 10.2 Å². The van der Waals surface area contributed by atoms with E-state index in [0.29, 0.717) is 37.4 Å². The van der Waals surface area contributed by atoms with Gasteiger partial charge in [-0.1, -0.05) is 18.2 Å². The maximum Gasteiger partial charge on any atom is 0.243 e. The number of benzene rings is 1. The molecule has 2 aliphatic heterocycles. The van der Waals surface area contributed by atoms with Crippen LogP contribution in [0.15, 0.2) is 35.2 Å². The van der Waals surface area contributed by atoms with E-state index in [9.17, 15) is 13.2 Å². The topological polar surface area (TPSA) is 69.7 Å². The van der Waals surface area contributed by atoms with Crippen LogP contribution in [0.25, 0.3) is 0 Å². The standard InChI is InChI=1S/C19H29N3O3S/c23-19(20-11-6-14-21-12-4-5-13-21)17-9-15-22(16-10-17)26(24,25)18-7-2-1-3-8-18/h1-3,7-8,17H,4-6,9-16H2,(H,20,23). The lowest BCUT2D eigenvalue weighted by Crippen LogP contribution is -2.43. The molecule has 0 aromatic heterocycles. The average molecular weight is 380 g/mol. The molecular formula is C19H29N3O3S. The molecule has 1 amide bonds. The molecule has 2 aliphatic rings. The van der Waals surface area contributed by atoms with Gasteiger partial charge in [0.2, 0.25) is 15.9 Å². The molecule has 2 fully saturated rings. The third kappa shape index (κ3) is 4.84. The van der Waals surface area contributed by atoms with Crippen LogP contribution in [0.5, 0.6) is 0 Å². The zero-order chi connectivity index (χ0) is 18.4. The molecule has 1 aromatic rings. The molecule has 6 nitrogen and oxygen atoms in total. The maximum absolute atomic E-state index is 12.6. The smallest absolute Gasteiger partial charge is 0.243 e. The fraction of sp³-hybridized carbons (Fsp3) is 0.632. The Bertz CT molecular complexity index is 679. The SMILES string of the molecule is O=C(NCCCN1CCCC1)C1CCN(S(=O)(=O)c2ccccc2)CC1. The van der Waals surface area contributed by atoms with Crippen molar-refractivity contribution in [2.45, 2.75) is 37.0 Å². The number of carbonyl (C=O) groups is 1. The van der Waals surface area contributed by atoms with Crippen LogP contribution in [-0.2, 0) is 14.8 Å². The molecule has 0 radical (unpaired) electrons. The van der Waals surface area contributed by atoms with E-state index in [1.54, 1.807) is 30.3 Å². The first-order chi connectivity index (χ1) is 12.6. The first kappa shape index (κ1) is 19.3. The summed E-state index contributed by atoms with van der Waals surface area (Å²) in [6.07, 6.45) is 4.73. The number of rotatable bonds is 7. The highest BCUT2D eigenvalue weighted by atomic mass is 32.2. The number of likely N-dealkylation sites (tertiary alicyclic amines) is 1. The van der Waals surface area contributed by atoms with Gasteiger partial charge in [-0.15, -0.1) is 0 Å². The van der Waals surface area contributed by atoms with Crippen LogP contribution in [0.3, 0.4) is 0 Å². The van der Waals surface area contributed by atoms with Gasteiger partial charge in [-0.2, -0.15) is 4.31 Å². The molecule has 1 aromatic carbocycles. The van der Waals surface area contributed by atoms with E-state index in [-0.39, 0.29) is 11.8 Å². The molecule has 0 bridgehead atoms. The Labute approximate surface area is 156 Å². The van der Waals surface area contributed by atoms with Crippen molar-refractivity contribution in [3.8, 4) is 0 Å². The first-order valence-corrected chi connectivity index (χ1v) is 11.1. The normalized spacial score (nSPS) is 20.3.